The number of rotatable bonds is 6. The first-order valence-corrected chi connectivity index (χ1v) is 7.19. The van der Waals surface area contributed by atoms with E-state index in [-0.39, 0.29) is 18.7 Å². The monoisotopic (exact) mass is 291 g/mol. The molecule has 2 amide bonds. The Hall–Kier alpha value is -2.07. The number of carbonyl (C=O) groups excluding carboxylic acids is 1. The first-order chi connectivity index (χ1) is 10.2. The Labute approximate surface area is 124 Å². The number of aromatic nitrogens is 3. The molecular formula is C14H21N5O2. The van der Waals surface area contributed by atoms with Gasteiger partial charge in [0.2, 0.25) is 0 Å². The van der Waals surface area contributed by atoms with Gasteiger partial charge in [-0.05, 0) is 19.8 Å². The molecule has 0 saturated carbocycles. The molecule has 1 unspecified atom stereocenters. The number of urea groups is 1. The summed E-state index contributed by atoms with van der Waals surface area (Å²) in [4.78, 5) is 13.8. The van der Waals surface area contributed by atoms with Crippen molar-refractivity contribution in [2.45, 2.75) is 39.0 Å². The van der Waals surface area contributed by atoms with Crippen LogP contribution in [-0.2, 0) is 17.8 Å². The van der Waals surface area contributed by atoms with Gasteiger partial charge in [0, 0.05) is 19.7 Å². The topological polar surface area (TPSA) is 72.3 Å². The van der Waals surface area contributed by atoms with Gasteiger partial charge in [-0.2, -0.15) is 0 Å². The zero-order chi connectivity index (χ0) is 15.1. The average molecular weight is 291 g/mol. The fraction of sp³-hybridized carbons (Fsp3) is 0.643. The smallest absolute Gasteiger partial charge is 0.318 e. The summed E-state index contributed by atoms with van der Waals surface area (Å²) < 4.78 is 7.43. The van der Waals surface area contributed by atoms with Crippen molar-refractivity contribution in [2.75, 3.05) is 19.7 Å². The Balaban J connectivity index is 1.87. The summed E-state index contributed by atoms with van der Waals surface area (Å²) in [6, 6.07) is -0.200. The van der Waals surface area contributed by atoms with Gasteiger partial charge in [-0.25, -0.2) is 4.79 Å². The summed E-state index contributed by atoms with van der Waals surface area (Å²) >= 11 is 0. The van der Waals surface area contributed by atoms with Crippen molar-refractivity contribution >= 4 is 6.03 Å². The van der Waals surface area contributed by atoms with Gasteiger partial charge >= 0.3 is 6.03 Å². The van der Waals surface area contributed by atoms with Crippen molar-refractivity contribution in [2.24, 2.45) is 0 Å². The van der Waals surface area contributed by atoms with Crippen molar-refractivity contribution in [3.63, 3.8) is 0 Å². The highest BCUT2D eigenvalue weighted by atomic mass is 16.5. The molecule has 0 aliphatic carbocycles. The molecule has 7 nitrogen and oxygen atoms in total. The number of ether oxygens (including phenoxy) is 1. The fourth-order valence-electron chi connectivity index (χ4n) is 2.31. The molecule has 1 fully saturated rings. The molecule has 1 aromatic rings. The van der Waals surface area contributed by atoms with Gasteiger partial charge in [0.15, 0.2) is 5.82 Å². The van der Waals surface area contributed by atoms with Crippen LogP contribution in [0.2, 0.25) is 0 Å². The van der Waals surface area contributed by atoms with Crippen LogP contribution in [0.5, 0.6) is 0 Å². The minimum absolute atomic E-state index is 0.0865. The quantitative estimate of drug-likeness (QED) is 0.780. The molecule has 1 N–H and O–H groups in total. The van der Waals surface area contributed by atoms with Gasteiger partial charge in [0.25, 0.3) is 0 Å². The zero-order valence-corrected chi connectivity index (χ0v) is 12.3. The second-order valence-corrected chi connectivity index (χ2v) is 4.91. The van der Waals surface area contributed by atoms with E-state index in [1.807, 2.05) is 11.5 Å². The SMILES string of the molecule is C#CCN(CC1CCCO1)C(=O)NCc1nncn1CC. The molecule has 1 saturated heterocycles. The molecule has 21 heavy (non-hydrogen) atoms. The van der Waals surface area contributed by atoms with Crippen LogP contribution in [0.3, 0.4) is 0 Å². The number of nitrogens with one attached hydrogen (secondary N) is 1. The Bertz CT molecular complexity index is 502. The molecule has 1 aromatic heterocycles. The summed E-state index contributed by atoms with van der Waals surface area (Å²) in [6.45, 7) is 4.65. The van der Waals surface area contributed by atoms with Gasteiger partial charge in [-0.15, -0.1) is 16.6 Å². The summed E-state index contributed by atoms with van der Waals surface area (Å²) in [5.74, 6) is 3.24. The van der Waals surface area contributed by atoms with Crippen molar-refractivity contribution in [3.05, 3.63) is 12.2 Å². The molecule has 0 spiro atoms. The van der Waals surface area contributed by atoms with Crippen molar-refractivity contribution in [3.8, 4) is 12.3 Å². The Morgan fingerprint density at radius 2 is 2.57 bits per heavy atom. The van der Waals surface area contributed by atoms with E-state index in [2.05, 4.69) is 21.4 Å². The van der Waals surface area contributed by atoms with E-state index in [9.17, 15) is 4.79 Å². The minimum atomic E-state index is -0.200. The van der Waals surface area contributed by atoms with Crippen LogP contribution in [0, 0.1) is 12.3 Å². The van der Waals surface area contributed by atoms with Crippen molar-refractivity contribution < 1.29 is 9.53 Å². The third-order valence-electron chi connectivity index (χ3n) is 3.45. The van der Waals surface area contributed by atoms with Crippen molar-refractivity contribution in [1.82, 2.24) is 25.0 Å². The van der Waals surface area contributed by atoms with E-state index in [4.69, 9.17) is 11.2 Å². The largest absolute Gasteiger partial charge is 0.376 e. The number of hydrogen-bond acceptors (Lipinski definition) is 4. The van der Waals surface area contributed by atoms with Crippen LogP contribution in [0.4, 0.5) is 4.79 Å². The van der Waals surface area contributed by atoms with Crippen LogP contribution in [-0.4, -0.2) is 51.5 Å². The first-order valence-electron chi connectivity index (χ1n) is 7.19. The van der Waals surface area contributed by atoms with E-state index < -0.39 is 0 Å². The van der Waals surface area contributed by atoms with E-state index in [0.717, 1.165) is 31.8 Å². The zero-order valence-electron chi connectivity index (χ0n) is 12.3. The number of amides is 2. The molecule has 2 rings (SSSR count). The summed E-state index contributed by atoms with van der Waals surface area (Å²) in [6.07, 6.45) is 9.08. The molecule has 0 aromatic carbocycles. The molecule has 114 valence electrons. The predicted molar refractivity (Wildman–Crippen MR) is 77.3 cm³/mol. The lowest BCUT2D eigenvalue weighted by atomic mass is 10.2. The van der Waals surface area contributed by atoms with E-state index in [1.165, 1.54) is 0 Å². The van der Waals surface area contributed by atoms with Crippen LogP contribution < -0.4 is 5.32 Å². The maximum absolute atomic E-state index is 12.2. The summed E-state index contributed by atoms with van der Waals surface area (Å²) in [5, 5.41) is 10.6. The minimum Gasteiger partial charge on any atom is -0.376 e. The van der Waals surface area contributed by atoms with Gasteiger partial charge in [0.1, 0.15) is 6.33 Å². The Kier molecular flexibility index (Phi) is 5.58. The molecule has 7 heteroatoms. The molecule has 1 aliphatic rings. The lowest BCUT2D eigenvalue weighted by Gasteiger charge is -2.23. The lowest BCUT2D eigenvalue weighted by molar-refractivity contribution is 0.0845. The maximum atomic E-state index is 12.2. The van der Waals surface area contributed by atoms with E-state index >= 15 is 0 Å². The molecule has 1 atom stereocenters. The highest BCUT2D eigenvalue weighted by Gasteiger charge is 2.22. The van der Waals surface area contributed by atoms with Crippen LogP contribution >= 0.6 is 0 Å². The average Bonchev–Trinajstić information content (AvgIpc) is 3.15. The van der Waals surface area contributed by atoms with Crippen LogP contribution in [0.15, 0.2) is 6.33 Å². The highest BCUT2D eigenvalue weighted by molar-refractivity contribution is 5.74. The summed E-state index contributed by atoms with van der Waals surface area (Å²) in [7, 11) is 0. The molecule has 0 bridgehead atoms. The van der Waals surface area contributed by atoms with Gasteiger partial charge in [0.05, 0.1) is 19.2 Å². The first kappa shape index (κ1) is 15.3. The van der Waals surface area contributed by atoms with Crippen LogP contribution in [0.25, 0.3) is 0 Å². The lowest BCUT2D eigenvalue weighted by Crippen LogP contribution is -2.44. The predicted octanol–water partition coefficient (Wildman–Crippen LogP) is 0.622. The van der Waals surface area contributed by atoms with Crippen LogP contribution in [0.1, 0.15) is 25.6 Å². The molecular weight excluding hydrogens is 270 g/mol. The van der Waals surface area contributed by atoms with Crippen molar-refractivity contribution in [1.29, 1.82) is 0 Å². The number of carbonyl (C=O) groups is 1. The van der Waals surface area contributed by atoms with E-state index in [0.29, 0.717) is 13.1 Å². The number of terminal acetylenes is 1. The standard InChI is InChI=1S/C14H21N5O2/c1-3-7-19(10-12-6-5-8-21-12)14(20)15-9-13-17-16-11-18(13)4-2/h1,11-12H,4-10H2,2H3,(H,15,20). The number of hydrogen-bond donors (Lipinski definition) is 1. The second kappa shape index (κ2) is 7.64. The molecule has 1 aliphatic heterocycles. The van der Waals surface area contributed by atoms with Gasteiger partial charge in [-0.1, -0.05) is 5.92 Å². The Morgan fingerprint density at radius 1 is 1.71 bits per heavy atom. The maximum Gasteiger partial charge on any atom is 0.318 e. The number of aryl methyl sites for hydroxylation is 1. The summed E-state index contributed by atoms with van der Waals surface area (Å²) in [5.41, 5.74) is 0. The third-order valence-corrected chi connectivity index (χ3v) is 3.45. The fourth-order valence-corrected chi connectivity index (χ4v) is 2.31. The Morgan fingerprint density at radius 3 is 3.24 bits per heavy atom. The van der Waals surface area contributed by atoms with E-state index in [1.54, 1.807) is 11.2 Å². The van der Waals surface area contributed by atoms with Gasteiger partial charge < -0.3 is 19.5 Å². The third kappa shape index (κ3) is 4.20. The number of nitrogens with zero attached hydrogens (tertiary/aromatic N) is 4. The normalized spacial score (nSPS) is 17.4. The van der Waals surface area contributed by atoms with Gasteiger partial charge in [-0.3, -0.25) is 0 Å². The molecule has 2 heterocycles. The highest BCUT2D eigenvalue weighted by Crippen LogP contribution is 2.13. The second-order valence-electron chi connectivity index (χ2n) is 4.91. The molecule has 0 radical (unpaired) electrons.